The molecule has 0 amide bonds. The zero-order valence-corrected chi connectivity index (χ0v) is 13.4. The van der Waals surface area contributed by atoms with Crippen LogP contribution in [0.25, 0.3) is 0 Å². The van der Waals surface area contributed by atoms with E-state index < -0.39 is 0 Å². The van der Waals surface area contributed by atoms with E-state index in [-0.39, 0.29) is 24.5 Å². The molecule has 1 aromatic rings. The van der Waals surface area contributed by atoms with E-state index in [0.29, 0.717) is 0 Å². The van der Waals surface area contributed by atoms with Crippen LogP contribution in [0.5, 0.6) is 0 Å². The summed E-state index contributed by atoms with van der Waals surface area (Å²) in [6, 6.07) is 8.43. The first kappa shape index (κ1) is 14.5. The van der Waals surface area contributed by atoms with E-state index in [0.717, 1.165) is 5.46 Å². The Kier molecular flexibility index (Phi) is 3.30. The highest BCUT2D eigenvalue weighted by Crippen LogP contribution is 2.36. The molecule has 112 valence electrons. The molecule has 0 aliphatic carbocycles. The van der Waals surface area contributed by atoms with Crippen molar-refractivity contribution in [2.45, 2.75) is 45.1 Å². The summed E-state index contributed by atoms with van der Waals surface area (Å²) in [4.78, 5) is 2.14. The minimum absolute atomic E-state index is 0.206. The fourth-order valence-corrected chi connectivity index (χ4v) is 2.60. The molecule has 5 heteroatoms. The molecule has 2 aliphatic heterocycles. The molecule has 1 aromatic carbocycles. The van der Waals surface area contributed by atoms with Crippen LogP contribution in [0.15, 0.2) is 36.7 Å². The van der Waals surface area contributed by atoms with E-state index in [1.165, 1.54) is 5.56 Å². The number of nitrogens with zero attached hydrogens (tertiary/aromatic N) is 1. The molecule has 1 atom stereocenters. The van der Waals surface area contributed by atoms with Crippen molar-refractivity contribution in [3.8, 4) is 0 Å². The van der Waals surface area contributed by atoms with Crippen LogP contribution >= 0.6 is 0 Å². The van der Waals surface area contributed by atoms with Crippen molar-refractivity contribution in [2.24, 2.45) is 0 Å². The Bertz CT molecular complexity index is 538. The molecular weight excluding hydrogens is 263 g/mol. The summed E-state index contributed by atoms with van der Waals surface area (Å²) in [6.45, 7) is 8.30. The predicted octanol–water partition coefficient (Wildman–Crippen LogP) is 1.99. The molecule has 2 heterocycles. The lowest BCUT2D eigenvalue weighted by Crippen LogP contribution is -2.41. The molecule has 3 rings (SSSR count). The molecular formula is C16H23BN2O2. The van der Waals surface area contributed by atoms with Gasteiger partial charge in [0.25, 0.3) is 0 Å². The van der Waals surface area contributed by atoms with Gasteiger partial charge in [0.2, 0.25) is 0 Å². The highest BCUT2D eigenvalue weighted by atomic mass is 16.7. The van der Waals surface area contributed by atoms with Gasteiger partial charge in [0.15, 0.2) is 0 Å². The van der Waals surface area contributed by atoms with Crippen molar-refractivity contribution < 1.29 is 9.31 Å². The first-order valence-corrected chi connectivity index (χ1v) is 7.40. The average molecular weight is 286 g/mol. The normalized spacial score (nSPS) is 26.2. The minimum atomic E-state index is -0.298. The van der Waals surface area contributed by atoms with Crippen LogP contribution < -0.4 is 10.8 Å². The fourth-order valence-electron chi connectivity index (χ4n) is 2.60. The first-order chi connectivity index (χ1) is 9.80. The van der Waals surface area contributed by atoms with E-state index in [2.05, 4.69) is 69.2 Å². The second kappa shape index (κ2) is 4.78. The van der Waals surface area contributed by atoms with Gasteiger partial charge in [-0.2, -0.15) is 0 Å². The van der Waals surface area contributed by atoms with Crippen molar-refractivity contribution in [2.75, 3.05) is 7.05 Å². The van der Waals surface area contributed by atoms with Gasteiger partial charge < -0.3 is 19.5 Å². The summed E-state index contributed by atoms with van der Waals surface area (Å²) in [6.07, 6.45) is 4.21. The lowest BCUT2D eigenvalue weighted by Gasteiger charge is -2.32. The van der Waals surface area contributed by atoms with Crippen LogP contribution in [0, 0.1) is 0 Å². The fraction of sp³-hybridized carbons (Fsp3) is 0.500. The quantitative estimate of drug-likeness (QED) is 0.843. The van der Waals surface area contributed by atoms with Crippen molar-refractivity contribution >= 4 is 12.6 Å². The Balaban J connectivity index is 1.77. The second-order valence-electron chi connectivity index (χ2n) is 6.81. The number of hydrogen-bond acceptors (Lipinski definition) is 4. The Labute approximate surface area is 127 Å². The van der Waals surface area contributed by atoms with Crippen LogP contribution in [-0.2, 0) is 9.31 Å². The molecule has 4 nitrogen and oxygen atoms in total. The van der Waals surface area contributed by atoms with Gasteiger partial charge >= 0.3 is 7.12 Å². The van der Waals surface area contributed by atoms with Gasteiger partial charge in [-0.15, -0.1) is 0 Å². The van der Waals surface area contributed by atoms with Gasteiger partial charge in [0, 0.05) is 19.4 Å². The summed E-state index contributed by atoms with van der Waals surface area (Å²) < 4.78 is 12.2. The van der Waals surface area contributed by atoms with Gasteiger partial charge in [0.1, 0.15) is 6.17 Å². The Hall–Kier alpha value is -1.46. The topological polar surface area (TPSA) is 33.7 Å². The summed E-state index contributed by atoms with van der Waals surface area (Å²) in [5.74, 6) is 0. The summed E-state index contributed by atoms with van der Waals surface area (Å²) in [5.41, 5.74) is 1.69. The van der Waals surface area contributed by atoms with Crippen LogP contribution in [0.2, 0.25) is 0 Å². The molecule has 2 aliphatic rings. The van der Waals surface area contributed by atoms with Crippen molar-refractivity contribution in [1.82, 2.24) is 10.2 Å². The van der Waals surface area contributed by atoms with Gasteiger partial charge in [0.05, 0.1) is 11.2 Å². The van der Waals surface area contributed by atoms with Gasteiger partial charge in [-0.3, -0.25) is 0 Å². The molecule has 1 N–H and O–H groups in total. The Morgan fingerprint density at radius 3 is 2.10 bits per heavy atom. The predicted molar refractivity (Wildman–Crippen MR) is 84.9 cm³/mol. The van der Waals surface area contributed by atoms with Crippen LogP contribution in [-0.4, -0.2) is 30.3 Å². The highest BCUT2D eigenvalue weighted by Gasteiger charge is 2.51. The Morgan fingerprint density at radius 1 is 1.05 bits per heavy atom. The molecule has 1 fully saturated rings. The largest absolute Gasteiger partial charge is 0.494 e. The lowest BCUT2D eigenvalue weighted by molar-refractivity contribution is 0.00578. The third-order valence-electron chi connectivity index (χ3n) is 4.75. The van der Waals surface area contributed by atoms with E-state index in [1.54, 1.807) is 0 Å². The van der Waals surface area contributed by atoms with E-state index >= 15 is 0 Å². The van der Waals surface area contributed by atoms with Crippen molar-refractivity contribution in [1.29, 1.82) is 0 Å². The molecule has 21 heavy (non-hydrogen) atoms. The first-order valence-electron chi connectivity index (χ1n) is 7.40. The highest BCUT2D eigenvalue weighted by molar-refractivity contribution is 6.62. The molecule has 0 bridgehead atoms. The average Bonchev–Trinajstić information content (AvgIpc) is 2.92. The molecule has 0 radical (unpaired) electrons. The smallest absolute Gasteiger partial charge is 0.399 e. The molecule has 0 saturated carbocycles. The Morgan fingerprint density at radius 2 is 1.62 bits per heavy atom. The lowest BCUT2D eigenvalue weighted by atomic mass is 9.79. The van der Waals surface area contributed by atoms with Gasteiger partial charge in [-0.25, -0.2) is 0 Å². The molecule has 0 aromatic heterocycles. The maximum atomic E-state index is 6.08. The van der Waals surface area contributed by atoms with E-state index in [9.17, 15) is 0 Å². The summed E-state index contributed by atoms with van der Waals surface area (Å²) in [5, 5.41) is 3.32. The van der Waals surface area contributed by atoms with Crippen LogP contribution in [0.4, 0.5) is 0 Å². The minimum Gasteiger partial charge on any atom is -0.399 e. The number of rotatable bonds is 2. The summed E-state index contributed by atoms with van der Waals surface area (Å²) in [7, 11) is 1.76. The summed E-state index contributed by atoms with van der Waals surface area (Å²) >= 11 is 0. The molecule has 1 unspecified atom stereocenters. The third kappa shape index (κ3) is 2.45. The monoisotopic (exact) mass is 286 g/mol. The van der Waals surface area contributed by atoms with E-state index in [1.807, 2.05) is 12.4 Å². The van der Waals surface area contributed by atoms with Crippen LogP contribution in [0.1, 0.15) is 39.4 Å². The molecule has 0 spiro atoms. The van der Waals surface area contributed by atoms with Gasteiger partial charge in [-0.05, 0) is 38.7 Å². The maximum Gasteiger partial charge on any atom is 0.494 e. The number of hydrogen-bond donors (Lipinski definition) is 1. The number of nitrogens with one attached hydrogen (secondary N) is 1. The van der Waals surface area contributed by atoms with E-state index in [4.69, 9.17) is 9.31 Å². The number of benzene rings is 1. The zero-order valence-electron chi connectivity index (χ0n) is 13.4. The van der Waals surface area contributed by atoms with Crippen molar-refractivity contribution in [3.63, 3.8) is 0 Å². The zero-order chi connectivity index (χ0) is 15.3. The maximum absolute atomic E-state index is 6.08. The van der Waals surface area contributed by atoms with Crippen LogP contribution in [0.3, 0.4) is 0 Å². The van der Waals surface area contributed by atoms with Gasteiger partial charge in [-0.1, -0.05) is 24.3 Å². The third-order valence-corrected chi connectivity index (χ3v) is 4.75. The molecule has 1 saturated heterocycles. The van der Waals surface area contributed by atoms with Crippen molar-refractivity contribution in [3.05, 3.63) is 42.2 Å². The SMILES string of the molecule is CN1C=CNC1c1ccc(B2OC(C)(C)C(C)(C)O2)cc1. The standard InChI is InChI=1S/C16H23BN2O2/c1-15(2)16(3,4)21-17(20-15)13-8-6-12(7-9-13)14-18-10-11-19(14)5/h6-11,14,18H,1-5H3. The second-order valence-corrected chi connectivity index (χ2v) is 6.81.